The summed E-state index contributed by atoms with van der Waals surface area (Å²) < 4.78 is 0. The van der Waals surface area contributed by atoms with Crippen LogP contribution in [0.1, 0.15) is 57.9 Å². The molecule has 0 saturated heterocycles. The molecule has 0 heterocycles. The highest BCUT2D eigenvalue weighted by Gasteiger charge is 1.93. The van der Waals surface area contributed by atoms with E-state index in [1.54, 1.807) is 0 Å². The Kier molecular flexibility index (Phi) is 8.78. The smallest absolute Gasteiger partial charge is 0.0867 e. The molecule has 0 aliphatic heterocycles. The van der Waals surface area contributed by atoms with Gasteiger partial charge in [0.1, 0.15) is 0 Å². The standard InChI is InChI=1S/C17H28N2/c1-3-5-7-8-14-18-15-19-17-12-10-16(11-13-17)9-6-4-2/h10-13,15H,3-9,14H2,1-2H3,(H,18,19). The molecule has 106 valence electrons. The molecule has 0 radical (unpaired) electrons. The average molecular weight is 260 g/mol. The van der Waals surface area contributed by atoms with E-state index in [1.807, 2.05) is 6.34 Å². The van der Waals surface area contributed by atoms with Crippen LogP contribution in [0.4, 0.5) is 5.69 Å². The van der Waals surface area contributed by atoms with E-state index in [1.165, 1.54) is 50.5 Å². The third-order valence-electron chi connectivity index (χ3n) is 3.24. The van der Waals surface area contributed by atoms with Crippen molar-refractivity contribution in [2.24, 2.45) is 4.99 Å². The zero-order chi connectivity index (χ0) is 13.8. The van der Waals surface area contributed by atoms with E-state index in [2.05, 4.69) is 48.4 Å². The van der Waals surface area contributed by atoms with Crippen molar-refractivity contribution in [3.63, 3.8) is 0 Å². The van der Waals surface area contributed by atoms with Crippen LogP contribution in [-0.4, -0.2) is 12.9 Å². The van der Waals surface area contributed by atoms with Gasteiger partial charge >= 0.3 is 0 Å². The predicted octanol–water partition coefficient (Wildman–Crippen LogP) is 5.05. The second kappa shape index (κ2) is 10.6. The lowest BCUT2D eigenvalue weighted by atomic mass is 10.1. The summed E-state index contributed by atoms with van der Waals surface area (Å²) in [7, 11) is 0. The molecule has 0 unspecified atom stereocenters. The minimum Gasteiger partial charge on any atom is -0.347 e. The molecule has 0 spiro atoms. The molecular formula is C17H28N2. The van der Waals surface area contributed by atoms with Crippen LogP contribution in [0.2, 0.25) is 0 Å². The first-order chi connectivity index (χ1) is 9.36. The van der Waals surface area contributed by atoms with Crippen molar-refractivity contribution < 1.29 is 0 Å². The number of rotatable bonds is 10. The lowest BCUT2D eigenvalue weighted by Crippen LogP contribution is -1.96. The SMILES string of the molecule is CCCCCCN=CNc1ccc(CCCC)cc1. The van der Waals surface area contributed by atoms with Crippen LogP contribution < -0.4 is 5.32 Å². The summed E-state index contributed by atoms with van der Waals surface area (Å²) in [5, 5.41) is 3.23. The van der Waals surface area contributed by atoms with E-state index in [-0.39, 0.29) is 0 Å². The molecule has 1 aromatic carbocycles. The fraction of sp³-hybridized carbons (Fsp3) is 0.588. The molecule has 1 N–H and O–H groups in total. The van der Waals surface area contributed by atoms with Crippen LogP contribution >= 0.6 is 0 Å². The maximum absolute atomic E-state index is 4.37. The van der Waals surface area contributed by atoms with Gasteiger partial charge < -0.3 is 5.32 Å². The van der Waals surface area contributed by atoms with Crippen LogP contribution in [0, 0.1) is 0 Å². The Morgan fingerprint density at radius 3 is 2.37 bits per heavy atom. The molecule has 0 aromatic heterocycles. The van der Waals surface area contributed by atoms with Crippen LogP contribution in [0.5, 0.6) is 0 Å². The molecule has 0 aliphatic rings. The number of benzene rings is 1. The van der Waals surface area contributed by atoms with Gasteiger partial charge in [0.05, 0.1) is 6.34 Å². The number of nitrogens with one attached hydrogen (secondary N) is 1. The van der Waals surface area contributed by atoms with Crippen LogP contribution in [0.3, 0.4) is 0 Å². The fourth-order valence-corrected chi connectivity index (χ4v) is 1.96. The van der Waals surface area contributed by atoms with E-state index >= 15 is 0 Å². The lowest BCUT2D eigenvalue weighted by molar-refractivity contribution is 0.676. The molecule has 0 bridgehead atoms. The average Bonchev–Trinajstić information content (AvgIpc) is 2.45. The lowest BCUT2D eigenvalue weighted by Gasteiger charge is -2.03. The minimum absolute atomic E-state index is 0.932. The van der Waals surface area contributed by atoms with Gasteiger partial charge in [-0.15, -0.1) is 0 Å². The van der Waals surface area contributed by atoms with Crippen molar-refractivity contribution in [1.82, 2.24) is 0 Å². The number of hydrogen-bond acceptors (Lipinski definition) is 1. The first kappa shape index (κ1) is 15.7. The van der Waals surface area contributed by atoms with E-state index in [9.17, 15) is 0 Å². The minimum atomic E-state index is 0.932. The Balaban J connectivity index is 2.20. The molecule has 0 fully saturated rings. The van der Waals surface area contributed by atoms with Crippen LogP contribution in [0.25, 0.3) is 0 Å². The molecule has 1 aromatic rings. The van der Waals surface area contributed by atoms with Gasteiger partial charge in [0.2, 0.25) is 0 Å². The van der Waals surface area contributed by atoms with Gasteiger partial charge in [0.25, 0.3) is 0 Å². The summed E-state index contributed by atoms with van der Waals surface area (Å²) in [5.74, 6) is 0. The molecule has 0 aliphatic carbocycles. The van der Waals surface area contributed by atoms with Crippen molar-refractivity contribution in [3.05, 3.63) is 29.8 Å². The number of nitrogens with zero attached hydrogens (tertiary/aromatic N) is 1. The van der Waals surface area contributed by atoms with Crippen molar-refractivity contribution in [1.29, 1.82) is 0 Å². The van der Waals surface area contributed by atoms with Crippen LogP contribution in [-0.2, 0) is 6.42 Å². The number of hydrogen-bond donors (Lipinski definition) is 1. The summed E-state index contributed by atoms with van der Waals surface area (Å²) in [4.78, 5) is 4.37. The second-order valence-electron chi connectivity index (χ2n) is 5.04. The van der Waals surface area contributed by atoms with Gasteiger partial charge in [-0.1, -0.05) is 51.7 Å². The third kappa shape index (κ3) is 7.66. The van der Waals surface area contributed by atoms with E-state index in [0.29, 0.717) is 0 Å². The second-order valence-corrected chi connectivity index (χ2v) is 5.04. The molecule has 1 rings (SSSR count). The largest absolute Gasteiger partial charge is 0.347 e. The first-order valence-corrected chi connectivity index (χ1v) is 7.70. The molecule has 2 nitrogen and oxygen atoms in total. The zero-order valence-corrected chi connectivity index (χ0v) is 12.5. The Labute approximate surface area is 118 Å². The Morgan fingerprint density at radius 1 is 0.947 bits per heavy atom. The number of aliphatic imine (C=N–C) groups is 1. The predicted molar refractivity (Wildman–Crippen MR) is 86.2 cm³/mol. The molecule has 2 heteroatoms. The van der Waals surface area contributed by atoms with Crippen LogP contribution in [0.15, 0.2) is 29.3 Å². The number of aryl methyl sites for hydroxylation is 1. The van der Waals surface area contributed by atoms with Gasteiger partial charge in [0, 0.05) is 12.2 Å². The fourth-order valence-electron chi connectivity index (χ4n) is 1.96. The summed E-state index contributed by atoms with van der Waals surface area (Å²) in [6.07, 6.45) is 10.6. The maximum atomic E-state index is 4.37. The van der Waals surface area contributed by atoms with Crippen molar-refractivity contribution >= 4 is 12.0 Å². The highest BCUT2D eigenvalue weighted by molar-refractivity contribution is 5.75. The van der Waals surface area contributed by atoms with Gasteiger partial charge in [0.15, 0.2) is 0 Å². The van der Waals surface area contributed by atoms with Gasteiger partial charge in [-0.05, 0) is 37.0 Å². The first-order valence-electron chi connectivity index (χ1n) is 7.70. The summed E-state index contributed by atoms with van der Waals surface area (Å²) in [6, 6.07) is 8.67. The van der Waals surface area contributed by atoms with Gasteiger partial charge in [-0.3, -0.25) is 4.99 Å². The quantitative estimate of drug-likeness (QED) is 0.355. The molecule has 19 heavy (non-hydrogen) atoms. The van der Waals surface area contributed by atoms with E-state index in [0.717, 1.165) is 12.2 Å². The van der Waals surface area contributed by atoms with Crippen molar-refractivity contribution in [2.75, 3.05) is 11.9 Å². The Morgan fingerprint density at radius 2 is 1.68 bits per heavy atom. The summed E-state index contributed by atoms with van der Waals surface area (Å²) in [5.41, 5.74) is 2.54. The maximum Gasteiger partial charge on any atom is 0.0867 e. The highest BCUT2D eigenvalue weighted by atomic mass is 14.9. The number of anilines is 1. The Hall–Kier alpha value is -1.31. The van der Waals surface area contributed by atoms with Crippen molar-refractivity contribution in [2.45, 2.75) is 58.8 Å². The normalized spacial score (nSPS) is 11.1. The Bertz CT molecular complexity index is 341. The van der Waals surface area contributed by atoms with Gasteiger partial charge in [-0.25, -0.2) is 0 Å². The topological polar surface area (TPSA) is 24.4 Å². The number of unbranched alkanes of at least 4 members (excludes halogenated alkanes) is 4. The highest BCUT2D eigenvalue weighted by Crippen LogP contribution is 2.11. The summed E-state index contributed by atoms with van der Waals surface area (Å²) in [6.45, 7) is 5.39. The summed E-state index contributed by atoms with van der Waals surface area (Å²) >= 11 is 0. The van der Waals surface area contributed by atoms with E-state index in [4.69, 9.17) is 0 Å². The van der Waals surface area contributed by atoms with Gasteiger partial charge in [-0.2, -0.15) is 0 Å². The van der Waals surface area contributed by atoms with Crippen molar-refractivity contribution in [3.8, 4) is 0 Å². The third-order valence-corrected chi connectivity index (χ3v) is 3.24. The molecule has 0 atom stereocenters. The molecule has 0 amide bonds. The van der Waals surface area contributed by atoms with E-state index < -0.39 is 0 Å². The zero-order valence-electron chi connectivity index (χ0n) is 12.5. The molecular weight excluding hydrogens is 232 g/mol. The monoisotopic (exact) mass is 260 g/mol. The molecule has 0 saturated carbocycles.